The number of amides is 1. The summed E-state index contributed by atoms with van der Waals surface area (Å²) in [5, 5.41) is 15.3. The van der Waals surface area contributed by atoms with Gasteiger partial charge in [-0.1, -0.05) is 47.1 Å². The molecular formula is C25H24Cl2N4O4S2. The molecule has 8 nitrogen and oxygen atoms in total. The Morgan fingerprint density at radius 1 is 1.24 bits per heavy atom. The minimum Gasteiger partial charge on any atom is -0.374 e. The van der Waals surface area contributed by atoms with E-state index < -0.39 is 0 Å². The van der Waals surface area contributed by atoms with Gasteiger partial charge in [-0.2, -0.15) is 0 Å². The van der Waals surface area contributed by atoms with Crippen molar-refractivity contribution in [2.75, 3.05) is 32.0 Å². The van der Waals surface area contributed by atoms with Crippen LogP contribution in [0.15, 0.2) is 40.7 Å². The normalized spacial score (nSPS) is 17.2. The van der Waals surface area contributed by atoms with Gasteiger partial charge in [0.05, 0.1) is 39.1 Å². The third-order valence-electron chi connectivity index (χ3n) is 6.33. The Kier molecular flexibility index (Phi) is 8.33. The molecule has 1 amide bonds. The summed E-state index contributed by atoms with van der Waals surface area (Å²) >= 11 is 15.1. The van der Waals surface area contributed by atoms with Crippen molar-refractivity contribution >= 4 is 57.9 Å². The third-order valence-corrected chi connectivity index (χ3v) is 9.32. The monoisotopic (exact) mass is 578 g/mol. The zero-order chi connectivity index (χ0) is 25.9. The number of thioether (sulfide) groups is 1. The molecule has 1 aliphatic heterocycles. The van der Waals surface area contributed by atoms with Crippen molar-refractivity contribution in [3.8, 4) is 11.3 Å². The molecule has 2 aliphatic rings. The average Bonchev–Trinajstić information content (AvgIpc) is 3.32. The van der Waals surface area contributed by atoms with Crippen LogP contribution in [0.25, 0.3) is 11.3 Å². The number of carbonyl (C=O) groups is 1. The lowest BCUT2D eigenvalue weighted by molar-refractivity contribution is -0.384. The van der Waals surface area contributed by atoms with Crippen LogP contribution >= 0.6 is 46.3 Å². The fourth-order valence-corrected chi connectivity index (χ4v) is 6.84. The highest BCUT2D eigenvalue weighted by Crippen LogP contribution is 2.40. The van der Waals surface area contributed by atoms with Gasteiger partial charge in [-0.05, 0) is 36.1 Å². The second kappa shape index (κ2) is 11.7. The quantitative estimate of drug-likeness (QED) is 0.222. The Morgan fingerprint density at radius 2 is 2.11 bits per heavy atom. The minimum atomic E-state index is -0.385. The van der Waals surface area contributed by atoms with Crippen LogP contribution in [0.5, 0.6) is 0 Å². The van der Waals surface area contributed by atoms with Crippen LogP contribution in [0.4, 0.5) is 5.69 Å². The molecule has 37 heavy (non-hydrogen) atoms. The number of thiazole rings is 1. The number of benzene rings is 2. The Labute approximate surface area is 232 Å². The van der Waals surface area contributed by atoms with Gasteiger partial charge in [0.25, 0.3) is 5.69 Å². The number of nitro benzene ring substituents is 1. The molecule has 1 N–H and O–H groups in total. The largest absolute Gasteiger partial charge is 0.374 e. The molecule has 1 saturated heterocycles. The van der Waals surface area contributed by atoms with E-state index in [1.807, 2.05) is 18.2 Å². The van der Waals surface area contributed by atoms with Gasteiger partial charge in [-0.25, -0.2) is 4.98 Å². The van der Waals surface area contributed by atoms with Gasteiger partial charge in [0, 0.05) is 48.8 Å². The van der Waals surface area contributed by atoms with Gasteiger partial charge < -0.3 is 10.1 Å². The number of ether oxygens (including phenoxy) is 1. The molecule has 1 fully saturated rings. The number of nitrogens with zero attached hydrogens (tertiary/aromatic N) is 3. The zero-order valence-corrected chi connectivity index (χ0v) is 22.9. The second-order valence-electron chi connectivity index (χ2n) is 8.92. The smallest absolute Gasteiger partial charge is 0.270 e. The summed E-state index contributed by atoms with van der Waals surface area (Å²) in [6.07, 6.45) is 1.59. The van der Waals surface area contributed by atoms with Crippen LogP contribution in [0.2, 0.25) is 10.0 Å². The van der Waals surface area contributed by atoms with Gasteiger partial charge in [-0.3, -0.25) is 19.8 Å². The van der Waals surface area contributed by atoms with Crippen LogP contribution in [0.3, 0.4) is 0 Å². The molecule has 2 heterocycles. The maximum absolute atomic E-state index is 12.5. The molecule has 0 saturated carbocycles. The Balaban J connectivity index is 1.11. The Bertz CT molecular complexity index is 1340. The summed E-state index contributed by atoms with van der Waals surface area (Å²) in [5.41, 5.74) is 3.84. The molecule has 5 rings (SSSR count). The number of morpholine rings is 1. The highest BCUT2D eigenvalue weighted by atomic mass is 35.5. The summed E-state index contributed by atoms with van der Waals surface area (Å²) in [5.74, 6) is 0.160. The molecule has 1 aromatic heterocycles. The van der Waals surface area contributed by atoms with Crippen molar-refractivity contribution in [3.63, 3.8) is 0 Å². The predicted molar refractivity (Wildman–Crippen MR) is 147 cm³/mol. The van der Waals surface area contributed by atoms with Crippen molar-refractivity contribution in [2.45, 2.75) is 29.8 Å². The van der Waals surface area contributed by atoms with Crippen LogP contribution in [0.1, 0.15) is 16.0 Å². The standard InChI is InChI=1S/C25H24Cl2N4O4S2/c26-20-5-1-15(9-21(20)27)12-30-7-8-35-18(13-30)11-28-23(32)14-36-25-29-24-19-10-17(31(33)34)4-2-16(19)3-6-22(24)37-25/h1-2,4-5,9-10,18H,3,6-8,11-14H2,(H,28,32)/t18-/m0/s1. The van der Waals surface area contributed by atoms with E-state index in [1.165, 1.54) is 11.8 Å². The summed E-state index contributed by atoms with van der Waals surface area (Å²) in [7, 11) is 0. The summed E-state index contributed by atoms with van der Waals surface area (Å²) in [6.45, 7) is 3.28. The van der Waals surface area contributed by atoms with E-state index in [0.29, 0.717) is 29.7 Å². The number of aromatic nitrogens is 1. The first-order valence-electron chi connectivity index (χ1n) is 11.8. The van der Waals surface area contributed by atoms with Gasteiger partial charge in [0.15, 0.2) is 4.34 Å². The summed E-state index contributed by atoms with van der Waals surface area (Å²) in [6, 6.07) is 10.6. The number of non-ortho nitro benzene ring substituents is 1. The van der Waals surface area contributed by atoms with Crippen molar-refractivity contribution in [1.82, 2.24) is 15.2 Å². The van der Waals surface area contributed by atoms with E-state index in [2.05, 4.69) is 10.2 Å². The first-order valence-corrected chi connectivity index (χ1v) is 14.4. The molecule has 0 radical (unpaired) electrons. The van der Waals surface area contributed by atoms with Crippen LogP contribution in [0, 0.1) is 10.1 Å². The van der Waals surface area contributed by atoms with Gasteiger partial charge >= 0.3 is 0 Å². The van der Waals surface area contributed by atoms with E-state index in [4.69, 9.17) is 32.9 Å². The van der Waals surface area contributed by atoms with Gasteiger partial charge in [0.1, 0.15) is 0 Å². The van der Waals surface area contributed by atoms with Gasteiger partial charge in [-0.15, -0.1) is 11.3 Å². The summed E-state index contributed by atoms with van der Waals surface area (Å²) in [4.78, 5) is 31.4. The topological polar surface area (TPSA) is 97.6 Å². The number of hydrogen-bond donors (Lipinski definition) is 1. The van der Waals surface area contributed by atoms with Crippen molar-refractivity contribution in [2.24, 2.45) is 0 Å². The van der Waals surface area contributed by atoms with Crippen molar-refractivity contribution < 1.29 is 14.5 Å². The SMILES string of the molecule is O=C(CSc1nc2c(s1)CCc1ccc([N+](=O)[O-])cc1-2)NC[C@H]1CN(Cc2ccc(Cl)c(Cl)c2)CCO1. The average molecular weight is 580 g/mol. The number of rotatable bonds is 8. The lowest BCUT2D eigenvalue weighted by atomic mass is 9.93. The fourth-order valence-electron chi connectivity index (χ4n) is 4.49. The number of nitrogens with one attached hydrogen (secondary N) is 1. The van der Waals surface area contributed by atoms with Crippen molar-refractivity contribution in [1.29, 1.82) is 0 Å². The molecule has 0 unspecified atom stereocenters. The minimum absolute atomic E-state index is 0.0636. The molecular weight excluding hydrogens is 555 g/mol. The second-order valence-corrected chi connectivity index (χ2v) is 12.0. The number of halogens is 2. The zero-order valence-electron chi connectivity index (χ0n) is 19.7. The lowest BCUT2D eigenvalue weighted by Crippen LogP contribution is -2.47. The molecule has 12 heteroatoms. The molecule has 0 bridgehead atoms. The maximum atomic E-state index is 12.5. The molecule has 0 spiro atoms. The van der Waals surface area contributed by atoms with Crippen molar-refractivity contribution in [3.05, 3.63) is 72.6 Å². The first kappa shape index (κ1) is 26.4. The maximum Gasteiger partial charge on any atom is 0.270 e. The molecule has 194 valence electrons. The molecule has 1 aliphatic carbocycles. The predicted octanol–water partition coefficient (Wildman–Crippen LogP) is 5.23. The first-order chi connectivity index (χ1) is 17.9. The highest BCUT2D eigenvalue weighted by molar-refractivity contribution is 8.01. The number of carbonyl (C=O) groups excluding carboxylic acids is 1. The molecule has 1 atom stereocenters. The molecule has 2 aromatic carbocycles. The van der Waals surface area contributed by atoms with E-state index in [1.54, 1.807) is 29.5 Å². The van der Waals surface area contributed by atoms with Gasteiger partial charge in [0.2, 0.25) is 5.91 Å². The van der Waals surface area contributed by atoms with E-state index >= 15 is 0 Å². The fraction of sp³-hybridized carbons (Fsp3) is 0.360. The van der Waals surface area contributed by atoms with E-state index in [0.717, 1.165) is 57.5 Å². The number of hydrogen-bond acceptors (Lipinski definition) is 8. The highest BCUT2D eigenvalue weighted by Gasteiger charge is 2.24. The Morgan fingerprint density at radius 3 is 2.92 bits per heavy atom. The Hall–Kier alpha value is -2.21. The third kappa shape index (κ3) is 6.45. The number of fused-ring (bicyclic) bond motifs is 3. The van der Waals surface area contributed by atoms with E-state index in [-0.39, 0.29) is 28.4 Å². The number of nitro groups is 1. The summed E-state index contributed by atoms with van der Waals surface area (Å²) < 4.78 is 6.64. The van der Waals surface area contributed by atoms with Crippen LogP contribution < -0.4 is 5.32 Å². The van der Waals surface area contributed by atoms with Crippen LogP contribution in [-0.4, -0.2) is 58.8 Å². The number of aryl methyl sites for hydroxylation is 2. The molecule has 3 aromatic rings. The van der Waals surface area contributed by atoms with E-state index in [9.17, 15) is 14.9 Å². The van der Waals surface area contributed by atoms with Crippen LogP contribution in [-0.2, 0) is 28.9 Å². The lowest BCUT2D eigenvalue weighted by Gasteiger charge is -2.33.